The molecule has 3 nitrogen and oxygen atoms in total. The maximum Gasteiger partial charge on any atom is 0.108 e. The monoisotopic (exact) mass is 143 g/mol. The summed E-state index contributed by atoms with van der Waals surface area (Å²) in [7, 11) is 0. The summed E-state index contributed by atoms with van der Waals surface area (Å²) in [6.45, 7) is 1.10. The summed E-state index contributed by atoms with van der Waals surface area (Å²) >= 11 is 0. The third kappa shape index (κ3) is 0.713. The van der Waals surface area contributed by atoms with Gasteiger partial charge in [0.05, 0.1) is 6.61 Å². The summed E-state index contributed by atoms with van der Waals surface area (Å²) in [5.41, 5.74) is 4.85. The van der Waals surface area contributed by atoms with Gasteiger partial charge in [0.2, 0.25) is 0 Å². The van der Waals surface area contributed by atoms with E-state index >= 15 is 0 Å². The van der Waals surface area contributed by atoms with Gasteiger partial charge in [0.25, 0.3) is 0 Å². The first-order valence-electron chi connectivity index (χ1n) is 3.75. The van der Waals surface area contributed by atoms with Crippen molar-refractivity contribution < 1.29 is 9.84 Å². The molecule has 10 heavy (non-hydrogen) atoms. The molecule has 1 saturated carbocycles. The van der Waals surface area contributed by atoms with Gasteiger partial charge in [0, 0.05) is 18.6 Å². The molecule has 1 aliphatic heterocycles. The zero-order valence-corrected chi connectivity index (χ0v) is 5.97. The van der Waals surface area contributed by atoms with Crippen molar-refractivity contribution in [3.05, 3.63) is 0 Å². The highest BCUT2D eigenvalue weighted by atomic mass is 16.5. The van der Waals surface area contributed by atoms with Crippen LogP contribution >= 0.6 is 0 Å². The van der Waals surface area contributed by atoms with Gasteiger partial charge in [-0.3, -0.25) is 0 Å². The lowest BCUT2D eigenvalue weighted by Gasteiger charge is -2.27. The maximum atomic E-state index is 9.84. The van der Waals surface area contributed by atoms with Crippen molar-refractivity contribution in [2.24, 2.45) is 5.73 Å². The Hall–Kier alpha value is -0.120. The van der Waals surface area contributed by atoms with Crippen molar-refractivity contribution in [1.29, 1.82) is 0 Å². The van der Waals surface area contributed by atoms with Gasteiger partial charge in [-0.2, -0.15) is 0 Å². The summed E-state index contributed by atoms with van der Waals surface area (Å²) in [6.07, 6.45) is 2.61. The first-order valence-corrected chi connectivity index (χ1v) is 3.75. The third-order valence-electron chi connectivity index (χ3n) is 2.72. The van der Waals surface area contributed by atoms with Crippen LogP contribution in [0.25, 0.3) is 0 Å². The van der Waals surface area contributed by atoms with Crippen LogP contribution in [0.15, 0.2) is 0 Å². The molecule has 1 atom stereocenters. The Labute approximate surface area is 60.2 Å². The van der Waals surface area contributed by atoms with Gasteiger partial charge in [-0.25, -0.2) is 0 Å². The third-order valence-corrected chi connectivity index (χ3v) is 2.72. The average molecular weight is 143 g/mol. The molecular formula is C7H13NO2. The van der Waals surface area contributed by atoms with Crippen LogP contribution in [0.1, 0.15) is 19.3 Å². The molecule has 0 aromatic rings. The first kappa shape index (κ1) is 6.58. The normalized spacial score (nSPS) is 43.8. The summed E-state index contributed by atoms with van der Waals surface area (Å²) in [5, 5.41) is 9.84. The Bertz CT molecular complexity index is 148. The van der Waals surface area contributed by atoms with Gasteiger partial charge in [0.1, 0.15) is 5.60 Å². The second-order valence-electron chi connectivity index (χ2n) is 3.49. The van der Waals surface area contributed by atoms with E-state index in [1.54, 1.807) is 0 Å². The van der Waals surface area contributed by atoms with E-state index in [2.05, 4.69) is 0 Å². The summed E-state index contributed by atoms with van der Waals surface area (Å²) < 4.78 is 5.10. The number of ether oxygens (including phenoxy) is 1. The summed E-state index contributed by atoms with van der Waals surface area (Å²) in [6, 6.07) is 0. The zero-order valence-electron chi connectivity index (χ0n) is 5.97. The smallest absolute Gasteiger partial charge is 0.108 e. The van der Waals surface area contributed by atoms with E-state index < -0.39 is 5.60 Å². The molecule has 1 heterocycles. The van der Waals surface area contributed by atoms with Crippen LogP contribution in [0, 0.1) is 0 Å². The minimum atomic E-state index is -0.701. The molecule has 0 aromatic carbocycles. The molecule has 1 aliphatic carbocycles. The molecule has 1 saturated heterocycles. The van der Waals surface area contributed by atoms with Crippen LogP contribution in [0.2, 0.25) is 0 Å². The highest BCUT2D eigenvalue weighted by Crippen LogP contribution is 2.45. The lowest BCUT2D eigenvalue weighted by atomic mass is 9.92. The highest BCUT2D eigenvalue weighted by molar-refractivity contribution is 5.14. The standard InChI is InChI=1S/C7H13NO2/c8-6(1-2-6)7(9)3-4-10-5-7/h9H,1-5,8H2. The topological polar surface area (TPSA) is 55.5 Å². The predicted molar refractivity (Wildman–Crippen MR) is 36.5 cm³/mol. The van der Waals surface area contributed by atoms with Crippen molar-refractivity contribution in [2.75, 3.05) is 13.2 Å². The fourth-order valence-corrected chi connectivity index (χ4v) is 1.55. The molecule has 0 radical (unpaired) electrons. The number of nitrogens with two attached hydrogens (primary N) is 1. The molecule has 3 N–H and O–H groups in total. The van der Waals surface area contributed by atoms with Gasteiger partial charge in [0.15, 0.2) is 0 Å². The minimum absolute atomic E-state index is 0.302. The molecular weight excluding hydrogens is 130 g/mol. The Kier molecular flexibility index (Phi) is 1.14. The average Bonchev–Trinajstić information content (AvgIpc) is 2.46. The van der Waals surface area contributed by atoms with E-state index in [4.69, 9.17) is 10.5 Å². The molecule has 0 amide bonds. The fourth-order valence-electron chi connectivity index (χ4n) is 1.55. The Morgan fingerprint density at radius 1 is 1.30 bits per heavy atom. The van der Waals surface area contributed by atoms with E-state index in [1.165, 1.54) is 0 Å². The Morgan fingerprint density at radius 3 is 2.40 bits per heavy atom. The molecule has 3 heteroatoms. The quantitative estimate of drug-likeness (QED) is 0.526. The fraction of sp³-hybridized carbons (Fsp3) is 1.00. The number of aliphatic hydroxyl groups is 1. The lowest BCUT2D eigenvalue weighted by molar-refractivity contribution is -0.00474. The van der Waals surface area contributed by atoms with Crippen LogP contribution in [-0.4, -0.2) is 29.5 Å². The molecule has 0 aromatic heterocycles. The van der Waals surface area contributed by atoms with Crippen molar-refractivity contribution in [2.45, 2.75) is 30.4 Å². The SMILES string of the molecule is NC1(C2(O)CCOC2)CC1. The number of hydrogen-bond acceptors (Lipinski definition) is 3. The maximum absolute atomic E-state index is 9.84. The highest BCUT2D eigenvalue weighted by Gasteiger charge is 2.57. The summed E-state index contributed by atoms with van der Waals surface area (Å²) in [4.78, 5) is 0. The minimum Gasteiger partial charge on any atom is -0.385 e. The first-order chi connectivity index (χ1) is 4.66. The largest absolute Gasteiger partial charge is 0.385 e. The van der Waals surface area contributed by atoms with E-state index in [0.29, 0.717) is 19.6 Å². The van der Waals surface area contributed by atoms with Crippen LogP contribution in [0.4, 0.5) is 0 Å². The molecule has 2 rings (SSSR count). The van der Waals surface area contributed by atoms with Gasteiger partial charge in [-0.05, 0) is 12.8 Å². The molecule has 0 spiro atoms. The molecule has 0 bridgehead atoms. The van der Waals surface area contributed by atoms with Crippen molar-refractivity contribution in [3.8, 4) is 0 Å². The predicted octanol–water partition coefficient (Wildman–Crippen LogP) is -0.371. The van der Waals surface area contributed by atoms with Crippen LogP contribution < -0.4 is 5.73 Å². The lowest BCUT2D eigenvalue weighted by Crippen LogP contribution is -2.50. The zero-order chi connectivity index (χ0) is 7.24. The van der Waals surface area contributed by atoms with Crippen LogP contribution in [0.3, 0.4) is 0 Å². The van der Waals surface area contributed by atoms with Crippen LogP contribution in [0.5, 0.6) is 0 Å². The second-order valence-corrected chi connectivity index (χ2v) is 3.49. The number of hydrogen-bond donors (Lipinski definition) is 2. The van der Waals surface area contributed by atoms with Gasteiger partial charge >= 0.3 is 0 Å². The van der Waals surface area contributed by atoms with Gasteiger partial charge in [-0.1, -0.05) is 0 Å². The van der Waals surface area contributed by atoms with Crippen LogP contribution in [-0.2, 0) is 4.74 Å². The van der Waals surface area contributed by atoms with Crippen molar-refractivity contribution in [1.82, 2.24) is 0 Å². The Morgan fingerprint density at radius 2 is 2.00 bits per heavy atom. The van der Waals surface area contributed by atoms with E-state index in [9.17, 15) is 5.11 Å². The summed E-state index contributed by atoms with van der Waals surface area (Å²) in [5.74, 6) is 0. The van der Waals surface area contributed by atoms with E-state index in [0.717, 1.165) is 12.8 Å². The second kappa shape index (κ2) is 1.72. The number of rotatable bonds is 1. The molecule has 1 unspecified atom stereocenters. The van der Waals surface area contributed by atoms with Gasteiger partial charge < -0.3 is 15.6 Å². The van der Waals surface area contributed by atoms with Crippen molar-refractivity contribution >= 4 is 0 Å². The molecule has 2 fully saturated rings. The van der Waals surface area contributed by atoms with Gasteiger partial charge in [-0.15, -0.1) is 0 Å². The van der Waals surface area contributed by atoms with Crippen molar-refractivity contribution in [3.63, 3.8) is 0 Å². The molecule has 2 aliphatic rings. The van der Waals surface area contributed by atoms with E-state index in [1.807, 2.05) is 0 Å². The van der Waals surface area contributed by atoms with E-state index in [-0.39, 0.29) is 5.54 Å². The molecule has 58 valence electrons. The Balaban J connectivity index is 2.13.